The van der Waals surface area contributed by atoms with Gasteiger partial charge in [-0.15, -0.1) is 0 Å². The van der Waals surface area contributed by atoms with Crippen LogP contribution in [0.1, 0.15) is 52.9 Å². The second kappa shape index (κ2) is 5.35. The third-order valence-electron chi connectivity index (χ3n) is 4.58. The molecule has 0 amide bonds. The Bertz CT molecular complexity index is 124. The molecule has 0 spiro atoms. The van der Waals surface area contributed by atoms with Crippen molar-refractivity contribution in [2.45, 2.75) is 58.5 Å². The van der Waals surface area contributed by atoms with Gasteiger partial charge in [-0.25, -0.2) is 0 Å². The maximum atomic E-state index is 2.45. The average Bonchev–Trinajstić information content (AvgIpc) is 2.23. The molecule has 80 valence electrons. The number of hydrogen-bond donors (Lipinski definition) is 0. The molecule has 13 heavy (non-hydrogen) atoms. The van der Waals surface area contributed by atoms with Gasteiger partial charge in [-0.3, -0.25) is 0 Å². The minimum atomic E-state index is -0.817. The van der Waals surface area contributed by atoms with E-state index < -0.39 is 7.26 Å². The van der Waals surface area contributed by atoms with E-state index in [1.807, 2.05) is 0 Å². The van der Waals surface area contributed by atoms with Crippen molar-refractivity contribution in [3.05, 3.63) is 0 Å². The zero-order valence-electron chi connectivity index (χ0n) is 9.73. The van der Waals surface area contributed by atoms with E-state index in [9.17, 15) is 0 Å². The van der Waals surface area contributed by atoms with Crippen molar-refractivity contribution in [1.29, 1.82) is 0 Å². The summed E-state index contributed by atoms with van der Waals surface area (Å²) in [5, 5.41) is 0. The van der Waals surface area contributed by atoms with Crippen LogP contribution >= 0.6 is 7.26 Å². The summed E-state index contributed by atoms with van der Waals surface area (Å²) in [5.41, 5.74) is 1.18. The zero-order chi connectivity index (χ0) is 9.73. The van der Waals surface area contributed by atoms with Crippen molar-refractivity contribution in [2.24, 2.45) is 0 Å². The molecule has 0 bridgehead atoms. The Labute approximate surface area is 84.8 Å². The molecule has 0 unspecified atom stereocenters. The molecule has 0 heterocycles. The van der Waals surface area contributed by atoms with Crippen molar-refractivity contribution in [2.75, 3.05) is 18.5 Å². The fourth-order valence-corrected chi connectivity index (χ4v) is 8.20. The van der Waals surface area contributed by atoms with Gasteiger partial charge in [-0.2, -0.15) is 0 Å². The SMILES string of the molecule is CC[PH](CC)(CC)C1CCCCC1. The van der Waals surface area contributed by atoms with Gasteiger partial charge < -0.3 is 0 Å². The van der Waals surface area contributed by atoms with E-state index in [1.165, 1.54) is 43.4 Å². The Kier molecular flexibility index (Phi) is 4.73. The average molecular weight is 202 g/mol. The van der Waals surface area contributed by atoms with Crippen molar-refractivity contribution < 1.29 is 0 Å². The van der Waals surface area contributed by atoms with Gasteiger partial charge in [0.15, 0.2) is 0 Å². The van der Waals surface area contributed by atoms with E-state index in [4.69, 9.17) is 0 Å². The van der Waals surface area contributed by atoms with Crippen molar-refractivity contribution in [3.8, 4) is 0 Å². The van der Waals surface area contributed by atoms with Gasteiger partial charge in [-0.1, -0.05) is 0 Å². The molecule has 0 saturated heterocycles. The van der Waals surface area contributed by atoms with E-state index in [-0.39, 0.29) is 0 Å². The van der Waals surface area contributed by atoms with Crippen LogP contribution in [0.2, 0.25) is 0 Å². The topological polar surface area (TPSA) is 0 Å². The van der Waals surface area contributed by atoms with E-state index in [0.717, 1.165) is 0 Å². The van der Waals surface area contributed by atoms with Gasteiger partial charge in [-0.05, 0) is 0 Å². The van der Waals surface area contributed by atoms with Gasteiger partial charge in [0.05, 0.1) is 0 Å². The molecule has 0 N–H and O–H groups in total. The molecule has 1 heteroatoms. The fourth-order valence-electron chi connectivity index (χ4n) is 3.33. The maximum absolute atomic E-state index is 2.45. The van der Waals surface area contributed by atoms with Crippen LogP contribution in [0.3, 0.4) is 0 Å². The second-order valence-corrected chi connectivity index (χ2v) is 10.4. The summed E-state index contributed by atoms with van der Waals surface area (Å²) in [6.45, 7) is 7.36. The second-order valence-electron chi connectivity index (χ2n) is 4.76. The molecule has 0 aromatic rings. The molecular weight excluding hydrogens is 175 g/mol. The molecule has 0 radical (unpaired) electrons. The fraction of sp³-hybridized carbons (Fsp3) is 1.00. The summed E-state index contributed by atoms with van der Waals surface area (Å²) in [6.07, 6.45) is 12.3. The van der Waals surface area contributed by atoms with Crippen LogP contribution in [0.4, 0.5) is 0 Å². The minimum absolute atomic E-state index is 0.817. The van der Waals surface area contributed by atoms with Crippen LogP contribution in [0.15, 0.2) is 0 Å². The monoisotopic (exact) mass is 202 g/mol. The summed E-state index contributed by atoms with van der Waals surface area (Å²) in [7, 11) is -0.817. The van der Waals surface area contributed by atoms with Crippen LogP contribution in [0, 0.1) is 0 Å². The first-order valence-electron chi connectivity index (χ1n) is 6.29. The van der Waals surface area contributed by atoms with Gasteiger partial charge in [0, 0.05) is 0 Å². The van der Waals surface area contributed by atoms with E-state index in [1.54, 1.807) is 12.8 Å². The summed E-state index contributed by atoms with van der Waals surface area (Å²) < 4.78 is 0. The van der Waals surface area contributed by atoms with E-state index >= 15 is 0 Å². The predicted molar refractivity (Wildman–Crippen MR) is 66.8 cm³/mol. The van der Waals surface area contributed by atoms with Gasteiger partial charge in [0.25, 0.3) is 0 Å². The summed E-state index contributed by atoms with van der Waals surface area (Å²) >= 11 is 0. The van der Waals surface area contributed by atoms with Crippen LogP contribution in [-0.4, -0.2) is 24.1 Å². The Balaban J connectivity index is 2.60. The first kappa shape index (κ1) is 11.5. The molecule has 1 rings (SSSR count). The van der Waals surface area contributed by atoms with E-state index in [0.29, 0.717) is 0 Å². The molecule has 1 aliphatic rings. The Morgan fingerprint density at radius 2 is 1.31 bits per heavy atom. The van der Waals surface area contributed by atoms with Crippen LogP contribution in [0.5, 0.6) is 0 Å². The molecule has 1 fully saturated rings. The van der Waals surface area contributed by atoms with Crippen LogP contribution in [-0.2, 0) is 0 Å². The molecule has 0 aliphatic heterocycles. The molecule has 0 atom stereocenters. The molecule has 0 nitrogen and oxygen atoms in total. The van der Waals surface area contributed by atoms with Crippen LogP contribution < -0.4 is 0 Å². The third-order valence-corrected chi connectivity index (χ3v) is 11.1. The Hall–Kier alpha value is 0.430. The van der Waals surface area contributed by atoms with Gasteiger partial charge in [0.2, 0.25) is 0 Å². The summed E-state index contributed by atoms with van der Waals surface area (Å²) in [5.74, 6) is 0. The first-order chi connectivity index (χ1) is 6.29. The first-order valence-corrected chi connectivity index (χ1v) is 8.99. The van der Waals surface area contributed by atoms with Gasteiger partial charge >= 0.3 is 84.3 Å². The van der Waals surface area contributed by atoms with Crippen molar-refractivity contribution >= 4 is 7.26 Å². The molecule has 0 aromatic carbocycles. The molecule has 1 saturated carbocycles. The standard InChI is InChI=1S/C12H27P/c1-4-13(5-2,6-3)12-10-8-7-9-11-12/h12-13H,4-11H2,1-3H3. The van der Waals surface area contributed by atoms with E-state index in [2.05, 4.69) is 20.8 Å². The summed E-state index contributed by atoms with van der Waals surface area (Å²) in [4.78, 5) is 0. The van der Waals surface area contributed by atoms with Crippen molar-refractivity contribution in [1.82, 2.24) is 0 Å². The molecular formula is C12H27P. The zero-order valence-corrected chi connectivity index (χ0v) is 10.7. The predicted octanol–water partition coefficient (Wildman–Crippen LogP) is 4.13. The van der Waals surface area contributed by atoms with Crippen LogP contribution in [0.25, 0.3) is 0 Å². The quantitative estimate of drug-likeness (QED) is 0.601. The van der Waals surface area contributed by atoms with Crippen molar-refractivity contribution in [3.63, 3.8) is 0 Å². The van der Waals surface area contributed by atoms with Gasteiger partial charge in [0.1, 0.15) is 0 Å². The summed E-state index contributed by atoms with van der Waals surface area (Å²) in [6, 6.07) is 0. The Morgan fingerprint density at radius 1 is 0.846 bits per heavy atom. The molecule has 0 aromatic heterocycles. The normalized spacial score (nSPS) is 21.8. The third kappa shape index (κ3) is 2.46. The number of rotatable bonds is 4. The molecule has 1 aliphatic carbocycles. The Morgan fingerprint density at radius 3 is 1.69 bits per heavy atom. The number of hydrogen-bond acceptors (Lipinski definition) is 0.